The lowest BCUT2D eigenvalue weighted by Crippen LogP contribution is -2.43. The van der Waals surface area contributed by atoms with Crippen LogP contribution in [0.15, 0.2) is 36.4 Å². The predicted octanol–water partition coefficient (Wildman–Crippen LogP) is 2.88. The molecule has 3 nitrogen and oxygen atoms in total. The molecule has 3 atom stereocenters. The molecule has 1 aromatic rings. The maximum atomic E-state index is 9.07. The van der Waals surface area contributed by atoms with Crippen LogP contribution in [0.2, 0.25) is 0 Å². The summed E-state index contributed by atoms with van der Waals surface area (Å²) in [6.45, 7) is 3.93. The van der Waals surface area contributed by atoms with Gasteiger partial charge in [-0.1, -0.05) is 12.2 Å². The van der Waals surface area contributed by atoms with Gasteiger partial charge < -0.3 is 15.3 Å². The van der Waals surface area contributed by atoms with Crippen LogP contribution in [-0.4, -0.2) is 30.8 Å². The van der Waals surface area contributed by atoms with E-state index in [1.807, 2.05) is 0 Å². The van der Waals surface area contributed by atoms with Crippen LogP contribution in [0.1, 0.15) is 19.8 Å². The summed E-state index contributed by atoms with van der Waals surface area (Å²) in [6, 6.07) is 9.21. The van der Waals surface area contributed by atoms with Gasteiger partial charge in [0.05, 0.1) is 6.61 Å². The number of allylic oxidation sites excluding steroid dienone is 1. The fourth-order valence-electron chi connectivity index (χ4n) is 3.46. The zero-order chi connectivity index (χ0) is 13.9. The van der Waals surface area contributed by atoms with Crippen molar-refractivity contribution in [2.24, 2.45) is 11.8 Å². The van der Waals surface area contributed by atoms with Crippen molar-refractivity contribution in [3.8, 4) is 0 Å². The molecule has 0 aliphatic heterocycles. The van der Waals surface area contributed by atoms with Crippen LogP contribution >= 0.6 is 0 Å². The summed E-state index contributed by atoms with van der Waals surface area (Å²) in [6.07, 6.45) is 7.27. The minimum absolute atomic E-state index is 0.200. The number of rotatable bonds is 6. The highest BCUT2D eigenvalue weighted by Crippen LogP contribution is 2.44. The number of nitrogens with one attached hydrogen (secondary N) is 1. The lowest BCUT2D eigenvalue weighted by Gasteiger charge is -2.41. The zero-order valence-electron chi connectivity index (χ0n) is 12.1. The van der Waals surface area contributed by atoms with Crippen molar-refractivity contribution in [3.63, 3.8) is 0 Å². The highest BCUT2D eigenvalue weighted by atomic mass is 16.3. The first-order valence-electron chi connectivity index (χ1n) is 7.71. The largest absolute Gasteiger partial charge is 0.395 e. The number of aliphatic hydroxyl groups is 1. The van der Waals surface area contributed by atoms with E-state index in [2.05, 4.69) is 53.6 Å². The van der Waals surface area contributed by atoms with Gasteiger partial charge >= 0.3 is 0 Å². The van der Waals surface area contributed by atoms with Gasteiger partial charge in [-0.3, -0.25) is 0 Å². The second-order valence-corrected chi connectivity index (χ2v) is 5.84. The first-order chi connectivity index (χ1) is 9.81. The molecule has 0 bridgehead atoms. The Hall–Kier alpha value is -1.48. The molecule has 0 amide bonds. The van der Waals surface area contributed by atoms with E-state index < -0.39 is 0 Å². The molecule has 3 unspecified atom stereocenters. The van der Waals surface area contributed by atoms with Crippen LogP contribution in [0.4, 0.5) is 11.4 Å². The number of hydrogen-bond acceptors (Lipinski definition) is 3. The first kappa shape index (κ1) is 13.5. The Kier molecular flexibility index (Phi) is 3.97. The monoisotopic (exact) mass is 272 g/mol. The summed E-state index contributed by atoms with van der Waals surface area (Å²) in [7, 11) is 0. The Balaban J connectivity index is 1.60. The van der Waals surface area contributed by atoms with Gasteiger partial charge in [-0.2, -0.15) is 0 Å². The highest BCUT2D eigenvalue weighted by Gasteiger charge is 2.40. The summed E-state index contributed by atoms with van der Waals surface area (Å²) >= 11 is 0. The van der Waals surface area contributed by atoms with Crippen molar-refractivity contribution in [1.29, 1.82) is 0 Å². The normalized spacial score (nSPS) is 27.0. The van der Waals surface area contributed by atoms with E-state index in [4.69, 9.17) is 5.11 Å². The van der Waals surface area contributed by atoms with E-state index in [1.165, 1.54) is 24.2 Å². The second kappa shape index (κ2) is 5.88. The topological polar surface area (TPSA) is 35.5 Å². The SMILES string of the molecule is CCN(CCO)c1ccc(NC2CC3CC=CC32)cc1. The van der Waals surface area contributed by atoms with Gasteiger partial charge in [0.1, 0.15) is 0 Å². The van der Waals surface area contributed by atoms with E-state index in [0.717, 1.165) is 18.4 Å². The van der Waals surface area contributed by atoms with Gasteiger partial charge in [0.15, 0.2) is 0 Å². The highest BCUT2D eigenvalue weighted by molar-refractivity contribution is 5.55. The number of aliphatic hydroxyl groups excluding tert-OH is 1. The van der Waals surface area contributed by atoms with E-state index in [9.17, 15) is 0 Å². The molecular weight excluding hydrogens is 248 g/mol. The lowest BCUT2D eigenvalue weighted by atomic mass is 9.71. The minimum Gasteiger partial charge on any atom is -0.395 e. The average molecular weight is 272 g/mol. The Bertz CT molecular complexity index is 468. The third-order valence-electron chi connectivity index (χ3n) is 4.70. The third kappa shape index (κ3) is 2.55. The lowest BCUT2D eigenvalue weighted by molar-refractivity contribution is 0.218. The molecule has 2 aliphatic rings. The summed E-state index contributed by atoms with van der Waals surface area (Å²) < 4.78 is 0. The van der Waals surface area contributed by atoms with E-state index in [0.29, 0.717) is 12.6 Å². The van der Waals surface area contributed by atoms with Crippen LogP contribution in [0.25, 0.3) is 0 Å². The molecular formula is C17H24N2O. The summed E-state index contributed by atoms with van der Waals surface area (Å²) in [4.78, 5) is 2.18. The van der Waals surface area contributed by atoms with E-state index >= 15 is 0 Å². The second-order valence-electron chi connectivity index (χ2n) is 5.84. The predicted molar refractivity (Wildman–Crippen MR) is 84.2 cm³/mol. The Morgan fingerprint density at radius 2 is 2.10 bits per heavy atom. The molecule has 108 valence electrons. The molecule has 0 heterocycles. The fourth-order valence-corrected chi connectivity index (χ4v) is 3.46. The maximum absolute atomic E-state index is 9.07. The van der Waals surface area contributed by atoms with Gasteiger partial charge in [0.2, 0.25) is 0 Å². The molecule has 2 N–H and O–H groups in total. The molecule has 0 aromatic heterocycles. The molecule has 0 saturated heterocycles. The molecule has 0 spiro atoms. The Labute approximate surface area is 121 Å². The van der Waals surface area contributed by atoms with Crippen LogP contribution in [0.5, 0.6) is 0 Å². The molecule has 0 radical (unpaired) electrons. The van der Waals surface area contributed by atoms with Gasteiger partial charge in [-0.05, 0) is 49.9 Å². The summed E-state index contributed by atoms with van der Waals surface area (Å²) in [5, 5.41) is 12.7. The first-order valence-corrected chi connectivity index (χ1v) is 7.71. The number of hydrogen-bond donors (Lipinski definition) is 2. The number of likely N-dealkylation sites (N-methyl/N-ethyl adjacent to an activating group) is 1. The van der Waals surface area contributed by atoms with Crippen LogP contribution in [0.3, 0.4) is 0 Å². The van der Waals surface area contributed by atoms with Crippen LogP contribution in [0, 0.1) is 11.8 Å². The minimum atomic E-state index is 0.200. The van der Waals surface area contributed by atoms with Crippen LogP contribution < -0.4 is 10.2 Å². The average Bonchev–Trinajstić information content (AvgIpc) is 2.84. The standard InChI is InChI=1S/C17H24N2O/c1-2-19(10-11-20)15-8-6-14(7-9-15)18-17-12-13-4-3-5-16(13)17/h3,5-9,13,16-18,20H,2,4,10-12H2,1H3. The van der Waals surface area contributed by atoms with Crippen molar-refractivity contribution in [3.05, 3.63) is 36.4 Å². The Morgan fingerprint density at radius 3 is 2.75 bits per heavy atom. The number of nitrogens with zero attached hydrogens (tertiary/aromatic N) is 1. The van der Waals surface area contributed by atoms with Crippen molar-refractivity contribution in [2.75, 3.05) is 29.9 Å². The van der Waals surface area contributed by atoms with Crippen molar-refractivity contribution < 1.29 is 5.11 Å². The van der Waals surface area contributed by atoms with Crippen molar-refractivity contribution >= 4 is 11.4 Å². The molecule has 2 aliphatic carbocycles. The molecule has 20 heavy (non-hydrogen) atoms. The molecule has 3 rings (SSSR count). The van der Waals surface area contributed by atoms with Gasteiger partial charge in [0, 0.05) is 36.4 Å². The van der Waals surface area contributed by atoms with E-state index in [-0.39, 0.29) is 6.61 Å². The number of fused-ring (bicyclic) bond motifs is 1. The third-order valence-corrected chi connectivity index (χ3v) is 4.70. The maximum Gasteiger partial charge on any atom is 0.0606 e. The smallest absolute Gasteiger partial charge is 0.0606 e. The van der Waals surface area contributed by atoms with Crippen molar-refractivity contribution in [2.45, 2.75) is 25.8 Å². The molecule has 1 fully saturated rings. The summed E-state index contributed by atoms with van der Waals surface area (Å²) in [5.41, 5.74) is 2.39. The number of benzene rings is 1. The summed E-state index contributed by atoms with van der Waals surface area (Å²) in [5.74, 6) is 1.64. The van der Waals surface area contributed by atoms with Gasteiger partial charge in [-0.15, -0.1) is 0 Å². The molecule has 1 aromatic carbocycles. The van der Waals surface area contributed by atoms with Crippen LogP contribution in [-0.2, 0) is 0 Å². The quantitative estimate of drug-likeness (QED) is 0.782. The fraction of sp³-hybridized carbons (Fsp3) is 0.529. The zero-order valence-corrected chi connectivity index (χ0v) is 12.1. The number of anilines is 2. The van der Waals surface area contributed by atoms with Crippen molar-refractivity contribution in [1.82, 2.24) is 0 Å². The Morgan fingerprint density at radius 1 is 1.30 bits per heavy atom. The van der Waals surface area contributed by atoms with E-state index in [1.54, 1.807) is 0 Å². The van der Waals surface area contributed by atoms with Gasteiger partial charge in [-0.25, -0.2) is 0 Å². The molecule has 1 saturated carbocycles. The van der Waals surface area contributed by atoms with Gasteiger partial charge in [0.25, 0.3) is 0 Å². The molecule has 3 heteroatoms.